The Bertz CT molecular complexity index is 538. The molecule has 81 valence electrons. The first-order chi connectivity index (χ1) is 7.59. The summed E-state index contributed by atoms with van der Waals surface area (Å²) < 4.78 is 38.8. The van der Waals surface area contributed by atoms with Crippen LogP contribution in [-0.2, 0) is 0 Å². The molecule has 2 rings (SSSR count). The zero-order valence-corrected chi connectivity index (χ0v) is 8.65. The summed E-state index contributed by atoms with van der Waals surface area (Å²) >= 11 is 5.70. The van der Waals surface area contributed by atoms with E-state index in [1.54, 1.807) is 0 Å². The van der Waals surface area contributed by atoms with Crippen molar-refractivity contribution in [3.05, 3.63) is 58.9 Å². The van der Waals surface area contributed by atoms with E-state index >= 15 is 0 Å². The Balaban J connectivity index is 2.59. The molecular formula is C12H5ClF3. The molecule has 0 spiro atoms. The van der Waals surface area contributed by atoms with Gasteiger partial charge >= 0.3 is 0 Å². The van der Waals surface area contributed by atoms with Gasteiger partial charge in [0, 0.05) is 5.56 Å². The summed E-state index contributed by atoms with van der Waals surface area (Å²) in [5, 5.41) is -0.159. The third-order valence-electron chi connectivity index (χ3n) is 2.09. The van der Waals surface area contributed by atoms with E-state index in [0.29, 0.717) is 0 Å². The maximum atomic E-state index is 13.1. The highest BCUT2D eigenvalue weighted by Gasteiger charge is 2.10. The summed E-state index contributed by atoms with van der Waals surface area (Å²) in [6.45, 7) is 0. The first kappa shape index (κ1) is 11.0. The fourth-order valence-corrected chi connectivity index (χ4v) is 1.54. The fourth-order valence-electron chi connectivity index (χ4n) is 1.32. The molecule has 0 saturated heterocycles. The Kier molecular flexibility index (Phi) is 2.88. The predicted octanol–water partition coefficient (Wildman–Crippen LogP) is 4.22. The van der Waals surface area contributed by atoms with Crippen LogP contribution in [0, 0.1) is 23.5 Å². The number of halogens is 4. The van der Waals surface area contributed by atoms with Crippen molar-refractivity contribution in [1.82, 2.24) is 0 Å². The van der Waals surface area contributed by atoms with Crippen LogP contribution in [0.15, 0.2) is 30.3 Å². The van der Waals surface area contributed by atoms with Crippen LogP contribution < -0.4 is 0 Å². The first-order valence-corrected chi connectivity index (χ1v) is 4.78. The molecular weight excluding hydrogens is 237 g/mol. The van der Waals surface area contributed by atoms with Crippen LogP contribution in [0.5, 0.6) is 0 Å². The number of benzene rings is 2. The molecule has 0 unspecified atom stereocenters. The highest BCUT2D eigenvalue weighted by Crippen LogP contribution is 2.30. The fraction of sp³-hybridized carbons (Fsp3) is 0. The second kappa shape index (κ2) is 4.18. The molecule has 0 bridgehead atoms. The average Bonchev–Trinajstić information content (AvgIpc) is 2.26. The van der Waals surface area contributed by atoms with Gasteiger partial charge < -0.3 is 0 Å². The van der Waals surface area contributed by atoms with Gasteiger partial charge in [0.25, 0.3) is 0 Å². The minimum Gasteiger partial charge on any atom is -0.205 e. The molecule has 0 atom stereocenters. The molecule has 1 radical (unpaired) electrons. The quantitative estimate of drug-likeness (QED) is 0.701. The molecule has 0 aliphatic heterocycles. The average molecular weight is 242 g/mol. The van der Waals surface area contributed by atoms with Crippen molar-refractivity contribution in [1.29, 1.82) is 0 Å². The Morgan fingerprint density at radius 1 is 0.938 bits per heavy atom. The van der Waals surface area contributed by atoms with Gasteiger partial charge in [0.05, 0.1) is 5.02 Å². The van der Waals surface area contributed by atoms with Crippen molar-refractivity contribution in [2.45, 2.75) is 0 Å². The van der Waals surface area contributed by atoms with Crippen LogP contribution in [-0.4, -0.2) is 0 Å². The van der Waals surface area contributed by atoms with E-state index in [-0.39, 0.29) is 16.1 Å². The Morgan fingerprint density at radius 3 is 2.38 bits per heavy atom. The summed E-state index contributed by atoms with van der Waals surface area (Å²) in [4.78, 5) is 0. The summed E-state index contributed by atoms with van der Waals surface area (Å²) in [5.74, 6) is -2.59. The molecule has 2 aromatic carbocycles. The monoisotopic (exact) mass is 241 g/mol. The molecule has 0 nitrogen and oxygen atoms in total. The van der Waals surface area contributed by atoms with Crippen LogP contribution in [0.3, 0.4) is 0 Å². The SMILES string of the molecule is Fc1ccc(-c2[c]ccc(F)c2Cl)cc1F. The molecule has 0 aromatic heterocycles. The zero-order chi connectivity index (χ0) is 11.7. The Labute approximate surface area is 95.3 Å². The van der Waals surface area contributed by atoms with E-state index in [1.807, 2.05) is 0 Å². The molecule has 0 amide bonds. The molecule has 0 aliphatic carbocycles. The lowest BCUT2D eigenvalue weighted by atomic mass is 10.1. The highest BCUT2D eigenvalue weighted by atomic mass is 35.5. The predicted molar refractivity (Wildman–Crippen MR) is 55.6 cm³/mol. The van der Waals surface area contributed by atoms with Crippen LogP contribution >= 0.6 is 11.6 Å². The summed E-state index contributed by atoms with van der Waals surface area (Å²) in [5.41, 5.74) is 0.490. The lowest BCUT2D eigenvalue weighted by molar-refractivity contribution is 0.509. The summed E-state index contributed by atoms with van der Waals surface area (Å²) in [6, 6.07) is 8.38. The van der Waals surface area contributed by atoms with Crippen molar-refractivity contribution >= 4 is 11.6 Å². The van der Waals surface area contributed by atoms with E-state index in [2.05, 4.69) is 6.07 Å². The lowest BCUT2D eigenvalue weighted by Gasteiger charge is -2.05. The Morgan fingerprint density at radius 2 is 1.69 bits per heavy atom. The van der Waals surface area contributed by atoms with Gasteiger partial charge in [-0.1, -0.05) is 23.7 Å². The Hall–Kier alpha value is -1.48. The molecule has 4 heteroatoms. The first-order valence-electron chi connectivity index (χ1n) is 4.40. The number of hydrogen-bond donors (Lipinski definition) is 0. The van der Waals surface area contributed by atoms with Gasteiger partial charge in [-0.05, 0) is 29.8 Å². The standard InChI is InChI=1S/C12H5ClF3/c13-12-8(2-1-3-10(12)15)7-4-5-9(14)11(16)6-7/h1,3-6H. The molecule has 0 aliphatic rings. The van der Waals surface area contributed by atoms with E-state index < -0.39 is 17.5 Å². The number of rotatable bonds is 1. The maximum Gasteiger partial charge on any atom is 0.159 e. The smallest absolute Gasteiger partial charge is 0.159 e. The van der Waals surface area contributed by atoms with Gasteiger partial charge in [-0.2, -0.15) is 0 Å². The van der Waals surface area contributed by atoms with Crippen molar-refractivity contribution < 1.29 is 13.2 Å². The largest absolute Gasteiger partial charge is 0.205 e. The van der Waals surface area contributed by atoms with Crippen molar-refractivity contribution in [2.24, 2.45) is 0 Å². The van der Waals surface area contributed by atoms with Crippen LogP contribution in [0.25, 0.3) is 11.1 Å². The lowest BCUT2D eigenvalue weighted by Crippen LogP contribution is -1.88. The number of hydrogen-bond acceptors (Lipinski definition) is 0. The van der Waals surface area contributed by atoms with Gasteiger partial charge in [-0.25, -0.2) is 13.2 Å². The van der Waals surface area contributed by atoms with Crippen molar-refractivity contribution in [2.75, 3.05) is 0 Å². The highest BCUT2D eigenvalue weighted by molar-refractivity contribution is 6.33. The van der Waals surface area contributed by atoms with E-state index in [0.717, 1.165) is 18.2 Å². The van der Waals surface area contributed by atoms with Crippen LogP contribution in [0.1, 0.15) is 0 Å². The second-order valence-corrected chi connectivity index (χ2v) is 3.52. The van der Waals surface area contributed by atoms with Crippen molar-refractivity contribution in [3.63, 3.8) is 0 Å². The molecule has 2 aromatic rings. The summed E-state index contributed by atoms with van der Waals surface area (Å²) in [7, 11) is 0. The maximum absolute atomic E-state index is 13.1. The third-order valence-corrected chi connectivity index (χ3v) is 2.46. The zero-order valence-electron chi connectivity index (χ0n) is 7.90. The van der Waals surface area contributed by atoms with Crippen molar-refractivity contribution in [3.8, 4) is 11.1 Å². The van der Waals surface area contributed by atoms with E-state index in [9.17, 15) is 13.2 Å². The van der Waals surface area contributed by atoms with E-state index in [1.165, 1.54) is 12.1 Å². The van der Waals surface area contributed by atoms with Gasteiger partial charge in [0.15, 0.2) is 11.6 Å². The molecule has 0 saturated carbocycles. The minimum absolute atomic E-state index is 0.159. The van der Waals surface area contributed by atoms with Gasteiger partial charge in [0.1, 0.15) is 5.82 Å². The molecule has 0 fully saturated rings. The van der Waals surface area contributed by atoms with Gasteiger partial charge in [0.2, 0.25) is 0 Å². The molecule has 16 heavy (non-hydrogen) atoms. The minimum atomic E-state index is -1.01. The van der Waals surface area contributed by atoms with Gasteiger partial charge in [-0.3, -0.25) is 0 Å². The topological polar surface area (TPSA) is 0 Å². The summed E-state index contributed by atoms with van der Waals surface area (Å²) in [6.07, 6.45) is 0. The second-order valence-electron chi connectivity index (χ2n) is 3.14. The van der Waals surface area contributed by atoms with E-state index in [4.69, 9.17) is 11.6 Å². The van der Waals surface area contributed by atoms with Crippen LogP contribution in [0.4, 0.5) is 13.2 Å². The normalized spacial score (nSPS) is 10.5. The molecule has 0 N–H and O–H groups in total. The molecule has 0 heterocycles. The van der Waals surface area contributed by atoms with Crippen LogP contribution in [0.2, 0.25) is 5.02 Å². The van der Waals surface area contributed by atoms with Gasteiger partial charge in [-0.15, -0.1) is 0 Å². The third kappa shape index (κ3) is 1.91.